The Labute approximate surface area is 95.0 Å². The van der Waals surface area contributed by atoms with E-state index in [4.69, 9.17) is 0 Å². The first-order valence-corrected chi connectivity index (χ1v) is 6.12. The number of hydrogen-bond acceptors (Lipinski definition) is 0. The zero-order valence-electron chi connectivity index (χ0n) is 10.8. The van der Waals surface area contributed by atoms with Crippen molar-refractivity contribution >= 4 is 6.08 Å². The first-order valence-electron chi connectivity index (χ1n) is 6.12. The van der Waals surface area contributed by atoms with Gasteiger partial charge in [0, 0.05) is 0 Å². The summed E-state index contributed by atoms with van der Waals surface area (Å²) in [5.41, 5.74) is 4.27. The van der Waals surface area contributed by atoms with Crippen LogP contribution in [0.25, 0.3) is 6.08 Å². The summed E-state index contributed by atoms with van der Waals surface area (Å²) in [7, 11) is 0. The van der Waals surface area contributed by atoms with Gasteiger partial charge in [0.1, 0.15) is 0 Å². The van der Waals surface area contributed by atoms with Crippen molar-refractivity contribution in [1.82, 2.24) is 0 Å². The average molecular weight is 204 g/mol. The van der Waals surface area contributed by atoms with Crippen molar-refractivity contribution in [3.05, 3.63) is 41.0 Å². The lowest BCUT2D eigenvalue weighted by Crippen LogP contribution is -1.93. The molecular weight excluding hydrogens is 180 g/mol. The highest BCUT2D eigenvalue weighted by atomic mass is 14.1. The van der Waals surface area contributed by atoms with E-state index in [-0.39, 0.29) is 0 Å². The minimum absolute atomic E-state index is 1.20. The van der Waals surface area contributed by atoms with E-state index in [0.717, 1.165) is 0 Å². The number of aryl methyl sites for hydroxylation is 2. The molecule has 1 aromatic rings. The maximum absolute atomic E-state index is 2.25. The normalized spacial score (nSPS) is 11.5. The van der Waals surface area contributed by atoms with Crippen molar-refractivity contribution in [2.45, 2.75) is 47.5 Å². The number of fused-ring (bicyclic) bond motifs is 1. The lowest BCUT2D eigenvalue weighted by molar-refractivity contribution is 0.984. The Morgan fingerprint density at radius 2 is 1.67 bits per heavy atom. The van der Waals surface area contributed by atoms with Gasteiger partial charge in [-0.05, 0) is 30.9 Å². The Bertz CT molecular complexity index is 295. The molecule has 0 nitrogen and oxygen atoms in total. The van der Waals surface area contributed by atoms with Crippen molar-refractivity contribution in [1.29, 1.82) is 0 Å². The largest absolute Gasteiger partial charge is 0.0836 e. The van der Waals surface area contributed by atoms with Crippen LogP contribution in [0.2, 0.25) is 0 Å². The van der Waals surface area contributed by atoms with Gasteiger partial charge >= 0.3 is 0 Å². The fourth-order valence-electron chi connectivity index (χ4n) is 1.55. The Morgan fingerprint density at radius 3 is 2.33 bits per heavy atom. The summed E-state index contributed by atoms with van der Waals surface area (Å²) >= 11 is 0. The van der Waals surface area contributed by atoms with Crippen LogP contribution < -0.4 is 0 Å². The van der Waals surface area contributed by atoms with Crippen molar-refractivity contribution < 1.29 is 0 Å². The number of hydrogen-bond donors (Lipinski definition) is 0. The van der Waals surface area contributed by atoms with Crippen molar-refractivity contribution in [3.8, 4) is 0 Å². The van der Waals surface area contributed by atoms with Crippen LogP contribution in [0.3, 0.4) is 0 Å². The molecule has 0 unspecified atom stereocenters. The molecule has 2 rings (SSSR count). The Balaban J connectivity index is 0.000000442. The standard InChI is InChI=1S/C11H12.2C2H6/c1-9-6-7-10-4-2-3-5-11(10)8-9;2*1-2/h3,5-8H,2,4H2,1H3;2*1-2H3. The fourth-order valence-corrected chi connectivity index (χ4v) is 1.55. The van der Waals surface area contributed by atoms with E-state index < -0.39 is 0 Å². The summed E-state index contributed by atoms with van der Waals surface area (Å²) in [6.45, 7) is 10.1. The maximum Gasteiger partial charge on any atom is -0.0225 e. The predicted octanol–water partition coefficient (Wildman–Crippen LogP) is 5.01. The second-order valence-electron chi connectivity index (χ2n) is 3.14. The predicted molar refractivity (Wildman–Crippen MR) is 71.2 cm³/mol. The van der Waals surface area contributed by atoms with Gasteiger partial charge in [-0.2, -0.15) is 0 Å². The van der Waals surface area contributed by atoms with Crippen molar-refractivity contribution in [3.63, 3.8) is 0 Å². The van der Waals surface area contributed by atoms with Crippen LogP contribution in [0.5, 0.6) is 0 Å². The van der Waals surface area contributed by atoms with Gasteiger partial charge in [-0.15, -0.1) is 0 Å². The van der Waals surface area contributed by atoms with E-state index in [1.54, 1.807) is 0 Å². The van der Waals surface area contributed by atoms with Gasteiger partial charge in [0.25, 0.3) is 0 Å². The van der Waals surface area contributed by atoms with E-state index in [1.807, 2.05) is 27.7 Å². The molecule has 0 bridgehead atoms. The van der Waals surface area contributed by atoms with Crippen LogP contribution in [0.15, 0.2) is 24.3 Å². The van der Waals surface area contributed by atoms with Crippen molar-refractivity contribution in [2.24, 2.45) is 0 Å². The topological polar surface area (TPSA) is 0 Å². The molecule has 0 N–H and O–H groups in total. The molecule has 0 radical (unpaired) electrons. The Kier molecular flexibility index (Phi) is 7.71. The number of allylic oxidation sites excluding steroid dienone is 1. The Morgan fingerprint density at radius 1 is 1.00 bits per heavy atom. The van der Waals surface area contributed by atoms with Gasteiger partial charge in [-0.3, -0.25) is 0 Å². The molecule has 84 valence electrons. The molecule has 0 atom stereocenters. The molecule has 0 spiro atoms. The van der Waals surface area contributed by atoms with Gasteiger partial charge in [0.2, 0.25) is 0 Å². The highest BCUT2D eigenvalue weighted by Gasteiger charge is 2.02. The first kappa shape index (κ1) is 14.0. The highest BCUT2D eigenvalue weighted by Crippen LogP contribution is 2.19. The summed E-state index contributed by atoms with van der Waals surface area (Å²) in [5, 5.41) is 0. The molecular formula is C15H24. The number of rotatable bonds is 0. The van der Waals surface area contributed by atoms with E-state index >= 15 is 0 Å². The zero-order valence-corrected chi connectivity index (χ0v) is 10.8. The zero-order chi connectivity index (χ0) is 11.7. The lowest BCUT2D eigenvalue weighted by atomic mass is 9.96. The quantitative estimate of drug-likeness (QED) is 0.557. The molecule has 15 heavy (non-hydrogen) atoms. The molecule has 1 aliphatic rings. The van der Waals surface area contributed by atoms with Crippen LogP contribution in [0.4, 0.5) is 0 Å². The van der Waals surface area contributed by atoms with Gasteiger partial charge in [0.15, 0.2) is 0 Å². The molecule has 0 aromatic heterocycles. The number of benzene rings is 1. The van der Waals surface area contributed by atoms with Gasteiger partial charge in [-0.1, -0.05) is 63.6 Å². The first-order chi connectivity index (χ1) is 7.36. The summed E-state index contributed by atoms with van der Waals surface area (Å²) in [6, 6.07) is 6.69. The van der Waals surface area contributed by atoms with Crippen LogP contribution >= 0.6 is 0 Å². The van der Waals surface area contributed by atoms with Gasteiger partial charge in [0.05, 0.1) is 0 Å². The second-order valence-corrected chi connectivity index (χ2v) is 3.14. The second kappa shape index (κ2) is 8.28. The van der Waals surface area contributed by atoms with E-state index in [2.05, 4.69) is 37.3 Å². The van der Waals surface area contributed by atoms with Crippen molar-refractivity contribution in [2.75, 3.05) is 0 Å². The fraction of sp³-hybridized carbons (Fsp3) is 0.467. The average Bonchev–Trinajstić information content (AvgIpc) is 2.34. The monoisotopic (exact) mass is 204 g/mol. The smallest absolute Gasteiger partial charge is 0.0225 e. The minimum Gasteiger partial charge on any atom is -0.0836 e. The molecule has 0 saturated carbocycles. The molecule has 0 heteroatoms. The molecule has 1 aromatic carbocycles. The maximum atomic E-state index is 2.25. The summed E-state index contributed by atoms with van der Waals surface area (Å²) in [6.07, 6.45) is 6.90. The SMILES string of the molecule is CC.CC.Cc1ccc2c(c1)C=CCC2. The van der Waals surface area contributed by atoms with Gasteiger partial charge < -0.3 is 0 Å². The van der Waals surface area contributed by atoms with Crippen LogP contribution in [-0.4, -0.2) is 0 Å². The molecule has 0 amide bonds. The third-order valence-electron chi connectivity index (χ3n) is 2.18. The van der Waals surface area contributed by atoms with Crippen LogP contribution in [-0.2, 0) is 6.42 Å². The van der Waals surface area contributed by atoms with Gasteiger partial charge in [-0.25, -0.2) is 0 Å². The van der Waals surface area contributed by atoms with E-state index in [0.29, 0.717) is 0 Å². The third kappa shape index (κ3) is 4.33. The third-order valence-corrected chi connectivity index (χ3v) is 2.18. The highest BCUT2D eigenvalue weighted by molar-refractivity contribution is 5.57. The minimum atomic E-state index is 1.20. The van der Waals surface area contributed by atoms with Crippen LogP contribution in [0.1, 0.15) is 50.8 Å². The molecule has 0 aliphatic heterocycles. The molecule has 0 saturated heterocycles. The van der Waals surface area contributed by atoms with E-state index in [9.17, 15) is 0 Å². The molecule has 1 aliphatic carbocycles. The van der Waals surface area contributed by atoms with E-state index in [1.165, 1.54) is 29.5 Å². The lowest BCUT2D eigenvalue weighted by Gasteiger charge is -2.09. The summed E-state index contributed by atoms with van der Waals surface area (Å²) < 4.78 is 0. The molecule has 0 heterocycles. The van der Waals surface area contributed by atoms with Crippen LogP contribution in [0, 0.1) is 6.92 Å². The Hall–Kier alpha value is -1.04. The summed E-state index contributed by atoms with van der Waals surface area (Å²) in [5.74, 6) is 0. The molecule has 0 fully saturated rings. The summed E-state index contributed by atoms with van der Waals surface area (Å²) in [4.78, 5) is 0.